The average molecular weight is 311 g/mol. The zero-order valence-corrected chi connectivity index (χ0v) is 11.8. The van der Waals surface area contributed by atoms with E-state index in [0.717, 1.165) is 0 Å². The van der Waals surface area contributed by atoms with Gasteiger partial charge in [0.25, 0.3) is 0 Å². The maximum absolute atomic E-state index is 10.0. The average Bonchev–Trinajstić information content (AvgIpc) is 2.41. The summed E-state index contributed by atoms with van der Waals surface area (Å²) in [6, 6.07) is 9.25. The second-order valence-corrected chi connectivity index (χ2v) is 3.00. The smallest absolute Gasteiger partial charge is 0.543 e. The minimum Gasteiger partial charge on any atom is -0.543 e. The summed E-state index contributed by atoms with van der Waals surface area (Å²) in [5.41, 5.74) is -0.0602. The van der Waals surface area contributed by atoms with Crippen LogP contribution < -0.4 is 10.2 Å². The van der Waals surface area contributed by atoms with Gasteiger partial charge in [-0.2, -0.15) is 0 Å². The molecule has 0 aromatic carbocycles. The van der Waals surface area contributed by atoms with Crippen LogP contribution in [-0.2, 0) is 17.4 Å². The second kappa shape index (κ2) is 10.7. The van der Waals surface area contributed by atoms with Crippen molar-refractivity contribution in [1.29, 1.82) is 0 Å². The van der Waals surface area contributed by atoms with E-state index in [1.54, 1.807) is 24.3 Å². The van der Waals surface area contributed by atoms with E-state index in [1.165, 1.54) is 24.5 Å². The summed E-state index contributed by atoms with van der Waals surface area (Å²) < 4.78 is 0. The molecule has 2 heterocycles. The van der Waals surface area contributed by atoms with Gasteiger partial charge in [-0.15, -0.1) is 0 Å². The first kappa shape index (κ1) is 20.1. The van der Waals surface area contributed by atoms with E-state index >= 15 is 0 Å². The summed E-state index contributed by atoms with van der Waals surface area (Å²) in [5, 5.41) is 20.1. The first-order valence-corrected chi connectivity index (χ1v) is 4.86. The van der Waals surface area contributed by atoms with Gasteiger partial charge in [-0.05, 0) is 24.3 Å². The van der Waals surface area contributed by atoms with Crippen molar-refractivity contribution in [2.45, 2.75) is 0 Å². The fourth-order valence-electron chi connectivity index (χ4n) is 0.967. The van der Waals surface area contributed by atoms with Crippen LogP contribution in [0, 0.1) is 7.43 Å². The molecule has 0 atom stereocenters. The van der Waals surface area contributed by atoms with Crippen molar-refractivity contribution in [1.82, 2.24) is 9.97 Å². The number of carbonyl (C=O) groups excluding carboxylic acids is 2. The fourth-order valence-corrected chi connectivity index (χ4v) is 0.967. The molecule has 0 aliphatic carbocycles. The Morgan fingerprint density at radius 2 is 1.15 bits per heavy atom. The molecule has 0 unspecified atom stereocenters. The first-order chi connectivity index (χ1) is 8.61. The molecule has 0 aliphatic rings. The molecule has 0 amide bonds. The largest absolute Gasteiger partial charge is 3.00 e. The van der Waals surface area contributed by atoms with E-state index < -0.39 is 11.9 Å². The van der Waals surface area contributed by atoms with Crippen LogP contribution in [0.25, 0.3) is 0 Å². The Morgan fingerprint density at radius 3 is 1.30 bits per heavy atom. The molecule has 0 spiro atoms. The maximum Gasteiger partial charge on any atom is 3.00 e. The van der Waals surface area contributed by atoms with Gasteiger partial charge in [0.1, 0.15) is 0 Å². The van der Waals surface area contributed by atoms with E-state index in [2.05, 4.69) is 9.97 Å². The number of rotatable bonds is 2. The maximum atomic E-state index is 10.0. The summed E-state index contributed by atoms with van der Waals surface area (Å²) in [7, 11) is 0. The zero-order valence-electron chi connectivity index (χ0n) is 10.6. The number of carbonyl (C=O) groups is 2. The van der Waals surface area contributed by atoms with Crippen LogP contribution in [0.1, 0.15) is 21.0 Å². The molecule has 103 valence electrons. The minimum atomic E-state index is -1.24. The summed E-state index contributed by atoms with van der Waals surface area (Å²) in [6.07, 6.45) is 2.82. The molecule has 0 N–H and O–H groups in total. The van der Waals surface area contributed by atoms with Gasteiger partial charge in [0, 0.05) is 12.4 Å². The molecule has 2 rings (SSSR count). The van der Waals surface area contributed by atoms with Gasteiger partial charge in [-0.1, -0.05) is 12.1 Å². The van der Waals surface area contributed by atoms with E-state index in [0.29, 0.717) is 0 Å². The molecule has 7 heteroatoms. The van der Waals surface area contributed by atoms with Crippen LogP contribution in [0.5, 0.6) is 0 Å². The SMILES string of the molecule is O=C([O-])c1ccccn1.O=C([O-])c1ccccn1.[CH3-].[Cr+3]. The molecular weight excluding hydrogens is 300 g/mol. The number of aromatic nitrogens is 2. The van der Waals surface area contributed by atoms with Crippen molar-refractivity contribution < 1.29 is 37.2 Å². The summed E-state index contributed by atoms with van der Waals surface area (Å²) in [6.45, 7) is 0. The Bertz CT molecular complexity index is 471. The van der Waals surface area contributed by atoms with Gasteiger partial charge in [0.05, 0.1) is 23.3 Å². The van der Waals surface area contributed by atoms with Gasteiger partial charge in [-0.3, -0.25) is 9.97 Å². The standard InChI is InChI=1S/2C6H5NO2.CH3.Cr/c2*8-6(9)5-3-1-2-4-7-5;;/h2*1-4H,(H,8,9);1H3;/q;;-1;+3/p-2. The molecule has 0 saturated heterocycles. The van der Waals surface area contributed by atoms with Gasteiger partial charge in [0.15, 0.2) is 0 Å². The molecule has 0 bridgehead atoms. The number of carboxylic acid groups (broad SMARTS) is 2. The summed E-state index contributed by atoms with van der Waals surface area (Å²) in [5.74, 6) is -2.48. The van der Waals surface area contributed by atoms with Crippen LogP contribution in [0.15, 0.2) is 48.8 Å². The topological polar surface area (TPSA) is 106 Å². The molecule has 1 radical (unpaired) electrons. The number of hydrogen-bond donors (Lipinski definition) is 0. The molecule has 6 nitrogen and oxygen atoms in total. The van der Waals surface area contributed by atoms with E-state index in [4.69, 9.17) is 0 Å². The molecule has 2 aromatic rings. The van der Waals surface area contributed by atoms with Crippen LogP contribution in [0.3, 0.4) is 0 Å². The molecule has 0 fully saturated rings. The van der Waals surface area contributed by atoms with Gasteiger partial charge < -0.3 is 27.2 Å². The normalized spacial score (nSPS) is 8.00. The van der Waals surface area contributed by atoms with E-state index in [9.17, 15) is 19.8 Å². The predicted octanol–water partition coefficient (Wildman–Crippen LogP) is -0.662. The number of nitrogens with zero attached hydrogens (tertiary/aromatic N) is 2. The van der Waals surface area contributed by atoms with Gasteiger partial charge in [-0.25, -0.2) is 0 Å². The third-order valence-electron chi connectivity index (χ3n) is 1.75. The van der Waals surface area contributed by atoms with Gasteiger partial charge in [0.2, 0.25) is 0 Å². The van der Waals surface area contributed by atoms with Crippen molar-refractivity contribution in [2.24, 2.45) is 0 Å². The Hall–Kier alpha value is -2.23. The minimum absolute atomic E-state index is 0. The van der Waals surface area contributed by atoms with Crippen molar-refractivity contribution >= 4 is 11.9 Å². The third kappa shape index (κ3) is 7.26. The van der Waals surface area contributed by atoms with Crippen molar-refractivity contribution in [2.75, 3.05) is 0 Å². The Morgan fingerprint density at radius 1 is 0.800 bits per heavy atom. The Labute approximate surface area is 127 Å². The molecular formula is C13H11CrN2O4. The number of hydrogen-bond acceptors (Lipinski definition) is 6. The van der Waals surface area contributed by atoms with Gasteiger partial charge >= 0.3 is 17.4 Å². The monoisotopic (exact) mass is 311 g/mol. The molecule has 2 aromatic heterocycles. The quantitative estimate of drug-likeness (QED) is 0.682. The third-order valence-corrected chi connectivity index (χ3v) is 1.75. The summed E-state index contributed by atoms with van der Waals surface area (Å²) in [4.78, 5) is 27.1. The molecule has 0 aliphatic heterocycles. The second-order valence-electron chi connectivity index (χ2n) is 3.00. The Kier molecular flexibility index (Phi) is 10.7. The van der Waals surface area contributed by atoms with Crippen LogP contribution in [-0.4, -0.2) is 21.9 Å². The number of aromatic carboxylic acids is 2. The van der Waals surface area contributed by atoms with Crippen LogP contribution in [0.2, 0.25) is 0 Å². The Balaban J connectivity index is 0. The van der Waals surface area contributed by atoms with Crippen molar-refractivity contribution in [3.8, 4) is 0 Å². The molecule has 20 heavy (non-hydrogen) atoms. The van der Waals surface area contributed by atoms with Crippen molar-refractivity contribution in [3.63, 3.8) is 0 Å². The number of pyridine rings is 2. The number of carboxylic acids is 2. The zero-order chi connectivity index (χ0) is 13.4. The van der Waals surface area contributed by atoms with Crippen LogP contribution in [0.4, 0.5) is 0 Å². The first-order valence-electron chi connectivity index (χ1n) is 4.86. The van der Waals surface area contributed by atoms with E-state index in [-0.39, 0.29) is 36.2 Å². The molecule has 0 saturated carbocycles. The summed E-state index contributed by atoms with van der Waals surface area (Å²) >= 11 is 0. The van der Waals surface area contributed by atoms with Crippen LogP contribution >= 0.6 is 0 Å². The van der Waals surface area contributed by atoms with Crippen molar-refractivity contribution in [3.05, 3.63) is 67.6 Å². The van der Waals surface area contributed by atoms with E-state index in [1.807, 2.05) is 0 Å². The fraction of sp³-hybridized carbons (Fsp3) is 0. The predicted molar refractivity (Wildman–Crippen MR) is 63.5 cm³/mol.